The van der Waals surface area contributed by atoms with Crippen LogP contribution in [0.5, 0.6) is 11.5 Å². The largest absolute Gasteiger partial charge is 0.456 e. The van der Waals surface area contributed by atoms with Crippen molar-refractivity contribution >= 4 is 17.9 Å². The Kier molecular flexibility index (Phi) is 6.09. The molecule has 0 spiro atoms. The summed E-state index contributed by atoms with van der Waals surface area (Å²) >= 11 is 0. The van der Waals surface area contributed by atoms with Gasteiger partial charge in [-0.15, -0.1) is 0 Å². The molecule has 11 nitrogen and oxygen atoms in total. The van der Waals surface area contributed by atoms with Gasteiger partial charge in [-0.1, -0.05) is 0 Å². The number of aryl methyl sites for hydroxylation is 1. The van der Waals surface area contributed by atoms with Crippen molar-refractivity contribution in [2.75, 3.05) is 31.6 Å². The molecule has 5 heterocycles. The number of imide groups is 1. The average Bonchev–Trinajstić information content (AvgIpc) is 3.47. The third-order valence-corrected chi connectivity index (χ3v) is 5.82. The van der Waals surface area contributed by atoms with Crippen molar-refractivity contribution in [1.82, 2.24) is 29.3 Å². The lowest BCUT2D eigenvalue weighted by Gasteiger charge is -2.30. The van der Waals surface area contributed by atoms with Crippen molar-refractivity contribution in [3.63, 3.8) is 0 Å². The van der Waals surface area contributed by atoms with Gasteiger partial charge in [-0.05, 0) is 31.0 Å². The van der Waals surface area contributed by atoms with E-state index in [2.05, 4.69) is 20.3 Å². The molecule has 176 valence electrons. The van der Waals surface area contributed by atoms with Crippen LogP contribution < -0.4 is 10.1 Å². The summed E-state index contributed by atoms with van der Waals surface area (Å²) in [7, 11) is 1.89. The lowest BCUT2D eigenvalue weighted by Crippen LogP contribution is -2.44. The van der Waals surface area contributed by atoms with Crippen LogP contribution in [0.3, 0.4) is 0 Å². The average molecular weight is 463 g/mol. The number of aromatic nitrogens is 4. The highest BCUT2D eigenvalue weighted by Crippen LogP contribution is 2.25. The van der Waals surface area contributed by atoms with Crippen LogP contribution in [0.2, 0.25) is 0 Å². The number of ether oxygens (including phenoxy) is 2. The molecule has 2 aliphatic heterocycles. The highest BCUT2D eigenvalue weighted by molar-refractivity contribution is 6.01. The third kappa shape index (κ3) is 4.69. The Hall–Kier alpha value is -3.99. The van der Waals surface area contributed by atoms with E-state index in [1.807, 2.05) is 17.8 Å². The highest BCUT2D eigenvalue weighted by atomic mass is 16.5. The minimum atomic E-state index is -0.491. The molecular formula is C23H25N7O4. The quantitative estimate of drug-likeness (QED) is 0.618. The molecule has 3 aromatic rings. The number of urea groups is 2. The number of pyridine rings is 2. The number of hydrogen-bond donors (Lipinski definition) is 1. The molecule has 0 aromatic carbocycles. The van der Waals surface area contributed by atoms with Gasteiger partial charge >= 0.3 is 12.1 Å². The number of carbonyl (C=O) groups is 2. The summed E-state index contributed by atoms with van der Waals surface area (Å²) in [6.07, 6.45) is 8.34. The van der Waals surface area contributed by atoms with E-state index in [1.54, 1.807) is 41.7 Å². The number of amides is 4. The van der Waals surface area contributed by atoms with E-state index in [9.17, 15) is 9.59 Å². The van der Waals surface area contributed by atoms with Crippen LogP contribution in [-0.4, -0.2) is 73.7 Å². The van der Waals surface area contributed by atoms with Gasteiger partial charge in [-0.25, -0.2) is 24.5 Å². The number of imidazole rings is 1. The SMILES string of the molecule is Cn1cnc(-c2cc(Oc3ccc(NC(=O)N4CCN(C5CCOCC5)C4=O)nc3)ccn2)c1. The maximum atomic E-state index is 12.7. The van der Waals surface area contributed by atoms with Gasteiger partial charge in [0.05, 0.1) is 18.2 Å². The molecule has 0 unspecified atom stereocenters. The zero-order chi connectivity index (χ0) is 23.5. The fraction of sp³-hybridized carbons (Fsp3) is 0.348. The molecule has 0 atom stereocenters. The monoisotopic (exact) mass is 463 g/mol. The van der Waals surface area contributed by atoms with E-state index in [1.165, 1.54) is 11.1 Å². The highest BCUT2D eigenvalue weighted by Gasteiger charge is 2.37. The molecule has 11 heteroatoms. The van der Waals surface area contributed by atoms with Crippen LogP contribution in [0.1, 0.15) is 12.8 Å². The van der Waals surface area contributed by atoms with E-state index in [4.69, 9.17) is 9.47 Å². The predicted octanol–water partition coefficient (Wildman–Crippen LogP) is 3.12. The zero-order valence-electron chi connectivity index (χ0n) is 18.8. The standard InChI is InChI=1S/C23H25N7O4/c1-28-14-20(26-15-28)19-12-17(4-7-24-19)34-18-2-3-21(25-13-18)27-22(31)30-9-8-29(23(30)32)16-5-10-33-11-6-16/h2-4,7,12-16H,5-6,8-11H2,1H3,(H,25,27,31). The molecule has 0 bridgehead atoms. The van der Waals surface area contributed by atoms with Gasteiger partial charge in [-0.2, -0.15) is 0 Å². The van der Waals surface area contributed by atoms with Crippen LogP contribution in [0, 0.1) is 0 Å². The van der Waals surface area contributed by atoms with E-state index in [0.717, 1.165) is 18.5 Å². The Morgan fingerprint density at radius 2 is 1.94 bits per heavy atom. The van der Waals surface area contributed by atoms with Crippen LogP contribution >= 0.6 is 0 Å². The fourth-order valence-corrected chi connectivity index (χ4v) is 4.07. The number of carbonyl (C=O) groups excluding carboxylic acids is 2. The Balaban J connectivity index is 1.19. The maximum absolute atomic E-state index is 12.7. The molecule has 0 saturated carbocycles. The van der Waals surface area contributed by atoms with Gasteiger partial charge < -0.3 is 18.9 Å². The van der Waals surface area contributed by atoms with Crippen molar-refractivity contribution in [2.24, 2.45) is 7.05 Å². The molecule has 1 N–H and O–H groups in total. The summed E-state index contributed by atoms with van der Waals surface area (Å²) in [4.78, 5) is 41.2. The van der Waals surface area contributed by atoms with Gasteiger partial charge in [0.1, 0.15) is 23.0 Å². The molecule has 2 fully saturated rings. The summed E-state index contributed by atoms with van der Waals surface area (Å²) in [5.74, 6) is 1.42. The van der Waals surface area contributed by atoms with E-state index < -0.39 is 6.03 Å². The Bertz CT molecular complexity index is 1170. The molecule has 5 rings (SSSR count). The molecule has 3 aromatic heterocycles. The van der Waals surface area contributed by atoms with E-state index in [0.29, 0.717) is 49.3 Å². The number of nitrogens with zero attached hydrogens (tertiary/aromatic N) is 6. The number of rotatable bonds is 5. The lowest BCUT2D eigenvalue weighted by atomic mass is 10.1. The second-order valence-corrected chi connectivity index (χ2v) is 8.18. The maximum Gasteiger partial charge on any atom is 0.331 e. The first-order chi connectivity index (χ1) is 16.6. The Morgan fingerprint density at radius 1 is 1.09 bits per heavy atom. The second-order valence-electron chi connectivity index (χ2n) is 8.18. The van der Waals surface area contributed by atoms with Crippen molar-refractivity contribution in [3.05, 3.63) is 49.2 Å². The minimum absolute atomic E-state index is 0.125. The topological polar surface area (TPSA) is 115 Å². The normalized spacial score (nSPS) is 16.7. The molecule has 0 radical (unpaired) electrons. The summed E-state index contributed by atoms with van der Waals surface area (Å²) in [5.41, 5.74) is 1.44. The van der Waals surface area contributed by atoms with Crippen molar-refractivity contribution in [3.8, 4) is 22.9 Å². The van der Waals surface area contributed by atoms with Gasteiger partial charge in [-0.3, -0.25) is 10.3 Å². The molecular weight excluding hydrogens is 438 g/mol. The fourth-order valence-electron chi connectivity index (χ4n) is 4.07. The molecule has 0 aliphatic carbocycles. The Morgan fingerprint density at radius 3 is 2.68 bits per heavy atom. The van der Waals surface area contributed by atoms with Crippen molar-refractivity contribution < 1.29 is 19.1 Å². The third-order valence-electron chi connectivity index (χ3n) is 5.82. The van der Waals surface area contributed by atoms with Crippen LogP contribution in [-0.2, 0) is 11.8 Å². The second kappa shape index (κ2) is 9.48. The Labute approximate surface area is 196 Å². The van der Waals surface area contributed by atoms with Gasteiger partial charge in [0.2, 0.25) is 0 Å². The smallest absolute Gasteiger partial charge is 0.331 e. The van der Waals surface area contributed by atoms with Crippen molar-refractivity contribution in [2.45, 2.75) is 18.9 Å². The predicted molar refractivity (Wildman–Crippen MR) is 122 cm³/mol. The minimum Gasteiger partial charge on any atom is -0.456 e. The molecule has 4 amide bonds. The van der Waals surface area contributed by atoms with E-state index in [-0.39, 0.29) is 12.1 Å². The number of nitrogens with one attached hydrogen (secondary N) is 1. The zero-order valence-corrected chi connectivity index (χ0v) is 18.8. The van der Waals surface area contributed by atoms with Crippen LogP contribution in [0.15, 0.2) is 49.2 Å². The first-order valence-corrected chi connectivity index (χ1v) is 11.1. The summed E-state index contributed by atoms with van der Waals surface area (Å²) in [5, 5.41) is 2.69. The lowest BCUT2D eigenvalue weighted by molar-refractivity contribution is 0.0510. The van der Waals surface area contributed by atoms with Gasteiger partial charge in [0.25, 0.3) is 0 Å². The number of hydrogen-bond acceptors (Lipinski definition) is 7. The van der Waals surface area contributed by atoms with Gasteiger partial charge in [0.15, 0.2) is 0 Å². The van der Waals surface area contributed by atoms with Crippen LogP contribution in [0.4, 0.5) is 15.4 Å². The van der Waals surface area contributed by atoms with Crippen LogP contribution in [0.25, 0.3) is 11.4 Å². The first-order valence-electron chi connectivity index (χ1n) is 11.1. The molecule has 34 heavy (non-hydrogen) atoms. The van der Waals surface area contributed by atoms with E-state index >= 15 is 0 Å². The van der Waals surface area contributed by atoms with Crippen molar-refractivity contribution in [1.29, 1.82) is 0 Å². The summed E-state index contributed by atoms with van der Waals surface area (Å²) in [6.45, 7) is 2.17. The summed E-state index contributed by atoms with van der Waals surface area (Å²) < 4.78 is 13.1. The molecule has 2 aliphatic rings. The van der Waals surface area contributed by atoms with Gasteiger partial charge in [0, 0.05) is 57.9 Å². The molecule has 2 saturated heterocycles. The summed E-state index contributed by atoms with van der Waals surface area (Å²) in [6, 6.07) is 6.22. The number of anilines is 1. The first kappa shape index (κ1) is 21.8.